The minimum atomic E-state index is -0.265. The van der Waals surface area contributed by atoms with Gasteiger partial charge in [-0.05, 0) is 48.9 Å². The Morgan fingerprint density at radius 2 is 1.55 bits per heavy atom. The third-order valence-electron chi connectivity index (χ3n) is 4.41. The Kier molecular flexibility index (Phi) is 6.63. The van der Waals surface area contributed by atoms with E-state index in [1.165, 1.54) is 11.8 Å². The second kappa shape index (κ2) is 9.55. The molecule has 0 aromatic heterocycles. The van der Waals surface area contributed by atoms with Gasteiger partial charge in [-0.15, -0.1) is 0 Å². The van der Waals surface area contributed by atoms with Crippen molar-refractivity contribution in [2.24, 2.45) is 0 Å². The number of nitrogens with zero attached hydrogens (tertiary/aromatic N) is 1. The van der Waals surface area contributed by atoms with Crippen molar-refractivity contribution in [1.82, 2.24) is 0 Å². The molecule has 0 fully saturated rings. The summed E-state index contributed by atoms with van der Waals surface area (Å²) in [7, 11) is 0. The summed E-state index contributed by atoms with van der Waals surface area (Å²) in [6.07, 6.45) is 0. The minimum absolute atomic E-state index is 0.0509. The molecule has 148 valence electrons. The molecule has 5 nitrogen and oxygen atoms in total. The van der Waals surface area contributed by atoms with Gasteiger partial charge in [0.05, 0.1) is 0 Å². The first-order chi connectivity index (χ1) is 14.0. The number of hydrogen-bond acceptors (Lipinski definition) is 3. The lowest BCUT2D eigenvalue weighted by atomic mass is 10.2. The normalized spacial score (nSPS) is 10.3. The van der Waals surface area contributed by atoms with E-state index in [1.54, 1.807) is 24.3 Å². The Bertz CT molecular complexity index is 952. The van der Waals surface area contributed by atoms with Gasteiger partial charge in [-0.1, -0.05) is 48.0 Å². The monoisotopic (exact) mass is 388 g/mol. The fraction of sp³-hybridized carbons (Fsp3) is 0.167. The van der Waals surface area contributed by atoms with Crippen molar-refractivity contribution in [3.05, 3.63) is 90.0 Å². The molecule has 3 aromatic rings. The topological polar surface area (TPSA) is 58.6 Å². The Morgan fingerprint density at radius 1 is 0.897 bits per heavy atom. The largest absolute Gasteiger partial charge is 0.489 e. The Balaban J connectivity index is 1.56. The molecule has 0 unspecified atom stereocenters. The predicted octanol–water partition coefficient (Wildman–Crippen LogP) is 4.57. The van der Waals surface area contributed by atoms with Gasteiger partial charge in [0.1, 0.15) is 18.9 Å². The summed E-state index contributed by atoms with van der Waals surface area (Å²) in [5, 5.41) is 2.82. The molecular weight excluding hydrogens is 364 g/mol. The first-order valence-corrected chi connectivity index (χ1v) is 9.43. The average molecular weight is 388 g/mol. The van der Waals surface area contributed by atoms with Crippen LogP contribution in [-0.2, 0) is 16.2 Å². The van der Waals surface area contributed by atoms with Crippen LogP contribution in [0, 0.1) is 6.92 Å². The zero-order valence-corrected chi connectivity index (χ0v) is 16.6. The molecule has 5 heteroatoms. The molecule has 0 spiro atoms. The lowest BCUT2D eigenvalue weighted by Crippen LogP contribution is -2.36. The van der Waals surface area contributed by atoms with E-state index in [2.05, 4.69) is 5.32 Å². The molecule has 0 radical (unpaired) electrons. The van der Waals surface area contributed by atoms with E-state index >= 15 is 0 Å². The number of amides is 2. The number of anilines is 2. The van der Waals surface area contributed by atoms with Gasteiger partial charge in [0.15, 0.2) is 0 Å². The van der Waals surface area contributed by atoms with Gasteiger partial charge in [0.25, 0.3) is 0 Å². The van der Waals surface area contributed by atoms with E-state index < -0.39 is 0 Å². The van der Waals surface area contributed by atoms with Crippen molar-refractivity contribution in [3.8, 4) is 5.75 Å². The summed E-state index contributed by atoms with van der Waals surface area (Å²) < 4.78 is 5.75. The molecule has 0 heterocycles. The molecular formula is C24H24N2O3. The Hall–Kier alpha value is -3.60. The van der Waals surface area contributed by atoms with Crippen LogP contribution >= 0.6 is 0 Å². The molecule has 3 rings (SSSR count). The third kappa shape index (κ3) is 5.94. The maximum Gasteiger partial charge on any atom is 0.244 e. The second-order valence-corrected chi connectivity index (χ2v) is 6.79. The fourth-order valence-electron chi connectivity index (χ4n) is 2.83. The molecule has 0 aliphatic rings. The second-order valence-electron chi connectivity index (χ2n) is 6.79. The van der Waals surface area contributed by atoms with Crippen molar-refractivity contribution in [2.75, 3.05) is 16.8 Å². The summed E-state index contributed by atoms with van der Waals surface area (Å²) in [5.74, 6) is 0.268. The summed E-state index contributed by atoms with van der Waals surface area (Å²) in [6, 6.07) is 24.6. The van der Waals surface area contributed by atoms with Gasteiger partial charge in [0.2, 0.25) is 11.8 Å². The minimum Gasteiger partial charge on any atom is -0.489 e. The number of nitrogens with one attached hydrogen (secondary N) is 1. The number of benzene rings is 3. The van der Waals surface area contributed by atoms with Crippen molar-refractivity contribution in [2.45, 2.75) is 20.5 Å². The van der Waals surface area contributed by atoms with Crippen LogP contribution in [0.25, 0.3) is 0 Å². The Morgan fingerprint density at radius 3 is 2.17 bits per heavy atom. The van der Waals surface area contributed by atoms with Gasteiger partial charge in [-0.3, -0.25) is 9.59 Å². The van der Waals surface area contributed by atoms with Gasteiger partial charge >= 0.3 is 0 Å². The van der Waals surface area contributed by atoms with Gasteiger partial charge in [-0.2, -0.15) is 0 Å². The molecule has 29 heavy (non-hydrogen) atoms. The van der Waals surface area contributed by atoms with E-state index in [4.69, 9.17) is 4.74 Å². The average Bonchev–Trinajstić information content (AvgIpc) is 2.73. The van der Waals surface area contributed by atoms with Crippen LogP contribution in [0.3, 0.4) is 0 Å². The van der Waals surface area contributed by atoms with Crippen LogP contribution in [0.15, 0.2) is 78.9 Å². The SMILES string of the molecule is CC(=O)N(CC(=O)Nc1ccc(OCc2ccccc2)cc1)c1ccc(C)cc1. The smallest absolute Gasteiger partial charge is 0.244 e. The standard InChI is InChI=1S/C24H24N2O3/c1-18-8-12-22(13-9-18)26(19(2)27)16-24(28)25-21-10-14-23(15-11-21)29-17-20-6-4-3-5-7-20/h3-15H,16-17H2,1-2H3,(H,25,28). The van der Waals surface area contributed by atoms with Crippen LogP contribution < -0.4 is 15.0 Å². The van der Waals surface area contributed by atoms with E-state index in [1.807, 2.05) is 61.5 Å². The summed E-state index contributed by atoms with van der Waals surface area (Å²) in [5.41, 5.74) is 3.53. The molecule has 0 bridgehead atoms. The van der Waals surface area contributed by atoms with E-state index in [0.29, 0.717) is 18.0 Å². The molecule has 2 amide bonds. The fourth-order valence-corrected chi connectivity index (χ4v) is 2.83. The van der Waals surface area contributed by atoms with E-state index in [0.717, 1.165) is 16.9 Å². The quantitative estimate of drug-likeness (QED) is 0.645. The lowest BCUT2D eigenvalue weighted by Gasteiger charge is -2.21. The van der Waals surface area contributed by atoms with E-state index in [9.17, 15) is 9.59 Å². The number of hydrogen-bond donors (Lipinski definition) is 1. The first-order valence-electron chi connectivity index (χ1n) is 9.43. The van der Waals surface area contributed by atoms with Crippen LogP contribution in [0.1, 0.15) is 18.1 Å². The summed E-state index contributed by atoms with van der Waals surface area (Å²) in [4.78, 5) is 25.9. The zero-order chi connectivity index (χ0) is 20.6. The third-order valence-corrected chi connectivity index (χ3v) is 4.41. The van der Waals surface area contributed by atoms with Crippen molar-refractivity contribution >= 4 is 23.2 Å². The highest BCUT2D eigenvalue weighted by Gasteiger charge is 2.15. The predicted molar refractivity (Wildman–Crippen MR) is 115 cm³/mol. The van der Waals surface area contributed by atoms with Crippen LogP contribution in [0.5, 0.6) is 5.75 Å². The molecule has 0 aliphatic heterocycles. The van der Waals surface area contributed by atoms with Crippen LogP contribution in [0.4, 0.5) is 11.4 Å². The molecule has 1 N–H and O–H groups in total. The molecule has 0 aliphatic carbocycles. The van der Waals surface area contributed by atoms with Crippen LogP contribution in [0.2, 0.25) is 0 Å². The molecule has 0 atom stereocenters. The molecule has 0 saturated heterocycles. The van der Waals surface area contributed by atoms with Crippen molar-refractivity contribution in [1.29, 1.82) is 0 Å². The van der Waals surface area contributed by atoms with Gasteiger partial charge < -0.3 is 15.0 Å². The maximum atomic E-state index is 12.4. The molecule has 0 saturated carbocycles. The number of rotatable bonds is 7. The lowest BCUT2D eigenvalue weighted by molar-refractivity contribution is -0.120. The number of ether oxygens (including phenoxy) is 1. The van der Waals surface area contributed by atoms with Crippen molar-refractivity contribution in [3.63, 3.8) is 0 Å². The molecule has 3 aromatic carbocycles. The summed E-state index contributed by atoms with van der Waals surface area (Å²) in [6.45, 7) is 3.86. The number of carbonyl (C=O) groups is 2. The maximum absolute atomic E-state index is 12.4. The van der Waals surface area contributed by atoms with Crippen LogP contribution in [-0.4, -0.2) is 18.4 Å². The summed E-state index contributed by atoms with van der Waals surface area (Å²) >= 11 is 0. The van der Waals surface area contributed by atoms with Gasteiger partial charge in [0, 0.05) is 18.3 Å². The Labute approximate surface area is 170 Å². The van der Waals surface area contributed by atoms with Gasteiger partial charge in [-0.25, -0.2) is 0 Å². The zero-order valence-electron chi connectivity index (χ0n) is 16.6. The number of aryl methyl sites for hydroxylation is 1. The highest BCUT2D eigenvalue weighted by atomic mass is 16.5. The highest BCUT2D eigenvalue weighted by Crippen LogP contribution is 2.18. The van der Waals surface area contributed by atoms with Crippen molar-refractivity contribution < 1.29 is 14.3 Å². The first kappa shape index (κ1) is 20.1. The number of carbonyl (C=O) groups excluding carboxylic acids is 2. The highest BCUT2D eigenvalue weighted by molar-refractivity contribution is 6.01. The van der Waals surface area contributed by atoms with E-state index in [-0.39, 0.29) is 18.4 Å².